The Hall–Kier alpha value is -1.62. The van der Waals surface area contributed by atoms with Gasteiger partial charge in [-0.1, -0.05) is 0 Å². The van der Waals surface area contributed by atoms with Crippen LogP contribution in [0, 0.1) is 0 Å². The molecule has 2 aliphatic heterocycles. The van der Waals surface area contributed by atoms with Gasteiger partial charge in [0.25, 0.3) is 0 Å². The number of anilines is 1. The number of aryl methyl sites for hydroxylation is 1. The molecule has 4 rings (SSSR count). The summed E-state index contributed by atoms with van der Waals surface area (Å²) in [4.78, 5) is 56.2. The molecule has 7 N–H and O–H groups in total. The summed E-state index contributed by atoms with van der Waals surface area (Å²) >= 11 is 0. The van der Waals surface area contributed by atoms with Crippen molar-refractivity contribution in [1.29, 1.82) is 0 Å². The average Bonchev–Trinajstić information content (AvgIpc) is 3.11. The number of rotatable bonds is 8. The lowest BCUT2D eigenvalue weighted by atomic mass is 9.96. The number of phosphoric acid groups is 3. The number of carbonyl (C=O) groups excluding carboxylic acids is 1. The third kappa shape index (κ3) is 5.61. The van der Waals surface area contributed by atoms with E-state index in [0.29, 0.717) is 17.4 Å². The van der Waals surface area contributed by atoms with Crippen LogP contribution in [0.25, 0.3) is 11.0 Å². The zero-order valence-electron chi connectivity index (χ0n) is 18.1. The summed E-state index contributed by atoms with van der Waals surface area (Å²) in [5.74, 6) is 0.00224. The number of amides is 1. The van der Waals surface area contributed by atoms with E-state index in [4.69, 9.17) is 14.5 Å². The van der Waals surface area contributed by atoms with Crippen LogP contribution in [0.1, 0.15) is 25.1 Å². The van der Waals surface area contributed by atoms with Crippen molar-refractivity contribution in [3.8, 4) is 0 Å². The van der Waals surface area contributed by atoms with Crippen molar-refractivity contribution in [2.24, 2.45) is 0 Å². The van der Waals surface area contributed by atoms with Gasteiger partial charge >= 0.3 is 23.5 Å². The van der Waals surface area contributed by atoms with E-state index in [9.17, 15) is 38.5 Å². The Morgan fingerprint density at radius 2 is 1.86 bits per heavy atom. The minimum atomic E-state index is -5.73. The summed E-state index contributed by atoms with van der Waals surface area (Å²) in [5, 5.41) is 24.7. The first-order chi connectivity index (χ1) is 16.5. The highest BCUT2D eigenvalue weighted by molar-refractivity contribution is 7.66. The van der Waals surface area contributed by atoms with Gasteiger partial charge in [0.1, 0.15) is 35.6 Å². The number of hydrogen-bond donors (Lipinski definition) is 7. The van der Waals surface area contributed by atoms with Gasteiger partial charge in [-0.05, 0) is 18.9 Å². The molecule has 0 aromatic carbocycles. The minimum Gasteiger partial charge on any atom is -0.387 e. The van der Waals surface area contributed by atoms with Gasteiger partial charge in [-0.2, -0.15) is 8.62 Å². The number of carbonyl (C=O) groups is 1. The second-order valence-electron chi connectivity index (χ2n) is 8.11. The Bertz CT molecular complexity index is 1340. The van der Waals surface area contributed by atoms with Crippen LogP contribution in [0.15, 0.2) is 12.5 Å². The lowest BCUT2D eigenvalue weighted by molar-refractivity contribution is -0.116. The predicted octanol–water partition coefficient (Wildman–Crippen LogP) is -0.331. The van der Waals surface area contributed by atoms with E-state index in [-0.39, 0.29) is 23.8 Å². The zero-order chi connectivity index (χ0) is 26.7. The Morgan fingerprint density at radius 1 is 1.17 bits per heavy atom. The predicted molar refractivity (Wildman–Crippen MR) is 115 cm³/mol. The molecule has 0 aliphatic carbocycles. The number of ether oxygens (including phenoxy) is 1. The molecule has 1 amide bonds. The molecule has 2 aromatic heterocycles. The lowest BCUT2D eigenvalue weighted by Gasteiger charge is -2.27. The average molecular weight is 574 g/mol. The quantitative estimate of drug-likeness (QED) is 0.199. The van der Waals surface area contributed by atoms with Crippen molar-refractivity contribution in [1.82, 2.24) is 14.5 Å². The van der Waals surface area contributed by atoms with Crippen LogP contribution in [-0.2, 0) is 42.8 Å². The summed E-state index contributed by atoms with van der Waals surface area (Å²) in [7, 11) is -16.8. The van der Waals surface area contributed by atoms with E-state index in [0.717, 1.165) is 0 Å². The van der Waals surface area contributed by atoms with E-state index in [2.05, 4.69) is 28.4 Å². The highest BCUT2D eigenvalue weighted by Gasteiger charge is 2.54. The molecule has 2 aromatic rings. The van der Waals surface area contributed by atoms with Crippen LogP contribution in [0.4, 0.5) is 5.82 Å². The fraction of sp³-hybridized carbons (Fsp3) is 0.533. The van der Waals surface area contributed by atoms with Gasteiger partial charge in [0.05, 0.1) is 12.0 Å². The van der Waals surface area contributed by atoms with E-state index in [1.807, 2.05) is 0 Å². The van der Waals surface area contributed by atoms with Gasteiger partial charge in [-0.15, -0.1) is 0 Å². The van der Waals surface area contributed by atoms with Crippen LogP contribution in [-0.4, -0.2) is 74.6 Å². The number of phosphoric ester groups is 1. The normalized spacial score (nSPS) is 30.0. The molecular formula is C15H21N4O14P3. The minimum absolute atomic E-state index is 0.155. The molecule has 0 spiro atoms. The molecule has 200 valence electrons. The maximum absolute atomic E-state index is 12.0. The van der Waals surface area contributed by atoms with Crippen molar-refractivity contribution in [3.05, 3.63) is 18.1 Å². The highest BCUT2D eigenvalue weighted by atomic mass is 31.3. The van der Waals surface area contributed by atoms with Crippen molar-refractivity contribution in [2.45, 2.75) is 43.8 Å². The fourth-order valence-corrected chi connectivity index (χ4v) is 6.95. The molecule has 2 aliphatic rings. The van der Waals surface area contributed by atoms with Gasteiger partial charge in [0.15, 0.2) is 6.23 Å². The molecule has 0 saturated carbocycles. The van der Waals surface area contributed by atoms with E-state index in [1.54, 1.807) is 6.20 Å². The molecule has 0 bridgehead atoms. The van der Waals surface area contributed by atoms with E-state index >= 15 is 0 Å². The standard InChI is InChI=1S/C15H21N4O14P3/c1-15(22)11(21)8(5-30-35(26,27)33-36(28,29)32-34(23,24)25)31-14(15)19-4-7-2-3-9(20)18-12-10(7)13(19)17-6-16-12/h4,6,8,11,14,21-22H,2-3,5H2,1H3,(H,26,27)(H,28,29)(H2,23,24,25)(H,16,17,18,20)/t8-,11-,14?,15-/m1/s1. The number of nitrogens with one attached hydrogen (secondary N) is 1. The lowest BCUT2D eigenvalue weighted by Crippen LogP contribution is -2.44. The van der Waals surface area contributed by atoms with Gasteiger partial charge in [0, 0.05) is 12.6 Å². The van der Waals surface area contributed by atoms with Crippen LogP contribution < -0.4 is 5.32 Å². The van der Waals surface area contributed by atoms with Gasteiger partial charge < -0.3 is 44.4 Å². The summed E-state index contributed by atoms with van der Waals surface area (Å²) in [6.07, 6.45) is -1.34. The summed E-state index contributed by atoms with van der Waals surface area (Å²) in [5.41, 5.74) is -1.11. The highest BCUT2D eigenvalue weighted by Crippen LogP contribution is 2.66. The molecule has 1 saturated heterocycles. The van der Waals surface area contributed by atoms with Crippen molar-refractivity contribution in [2.75, 3.05) is 11.9 Å². The van der Waals surface area contributed by atoms with E-state index in [1.165, 1.54) is 17.8 Å². The Labute approximate surface area is 201 Å². The molecular weight excluding hydrogens is 553 g/mol. The van der Waals surface area contributed by atoms with Crippen LogP contribution >= 0.6 is 23.5 Å². The third-order valence-electron chi connectivity index (χ3n) is 5.39. The molecule has 18 nitrogen and oxygen atoms in total. The molecule has 36 heavy (non-hydrogen) atoms. The smallest absolute Gasteiger partial charge is 0.387 e. The molecule has 0 radical (unpaired) electrons. The van der Waals surface area contributed by atoms with Crippen molar-refractivity contribution in [3.63, 3.8) is 0 Å². The summed E-state index contributed by atoms with van der Waals surface area (Å²) in [6, 6.07) is 0. The van der Waals surface area contributed by atoms with Gasteiger partial charge in [-0.3, -0.25) is 9.32 Å². The second-order valence-corrected chi connectivity index (χ2v) is 12.5. The van der Waals surface area contributed by atoms with Crippen LogP contribution in [0.2, 0.25) is 0 Å². The van der Waals surface area contributed by atoms with Crippen LogP contribution in [0.5, 0.6) is 0 Å². The van der Waals surface area contributed by atoms with Crippen molar-refractivity contribution < 1.29 is 66.2 Å². The summed E-state index contributed by atoms with van der Waals surface area (Å²) < 4.78 is 53.0. The molecule has 6 atom stereocenters. The largest absolute Gasteiger partial charge is 0.490 e. The molecule has 21 heteroatoms. The third-order valence-corrected chi connectivity index (χ3v) is 9.19. The second kappa shape index (κ2) is 9.29. The molecule has 4 heterocycles. The van der Waals surface area contributed by atoms with Crippen LogP contribution in [0.3, 0.4) is 0 Å². The SMILES string of the molecule is C[C@]1(O)C(n2cc3c4c(ncnc42)NC(=O)CC3)O[C@H](COP(=O)(O)OP(=O)(O)OP(=O)(O)O)[C@H]1O. The zero-order valence-corrected chi connectivity index (χ0v) is 20.8. The number of aliphatic hydroxyl groups excluding tert-OH is 1. The first-order valence-corrected chi connectivity index (χ1v) is 14.5. The molecule has 1 fully saturated rings. The number of hydrogen-bond acceptors (Lipinski definition) is 12. The van der Waals surface area contributed by atoms with E-state index < -0.39 is 54.1 Å². The topological polar surface area (TPSA) is 269 Å². The number of nitrogens with zero attached hydrogens (tertiary/aromatic N) is 3. The first kappa shape index (κ1) is 27.4. The molecule has 3 unspecified atom stereocenters. The number of aromatic nitrogens is 3. The maximum Gasteiger partial charge on any atom is 0.490 e. The fourth-order valence-electron chi connectivity index (χ4n) is 3.92. The maximum atomic E-state index is 12.0. The Balaban J connectivity index is 1.55. The van der Waals surface area contributed by atoms with Gasteiger partial charge in [-0.25, -0.2) is 23.7 Å². The van der Waals surface area contributed by atoms with Gasteiger partial charge in [0.2, 0.25) is 5.91 Å². The van der Waals surface area contributed by atoms with Crippen molar-refractivity contribution >= 4 is 46.2 Å². The summed E-state index contributed by atoms with van der Waals surface area (Å²) in [6.45, 7) is 0.244. The Morgan fingerprint density at radius 3 is 2.53 bits per heavy atom. The monoisotopic (exact) mass is 574 g/mol. The Kier molecular flexibility index (Phi) is 7.07. The number of aliphatic hydroxyl groups is 2. The first-order valence-electron chi connectivity index (χ1n) is 9.97.